The highest BCUT2D eigenvalue weighted by molar-refractivity contribution is 5.71. The summed E-state index contributed by atoms with van der Waals surface area (Å²) in [6.45, 7) is 9.76. The van der Waals surface area contributed by atoms with Gasteiger partial charge in [-0.15, -0.1) is 0 Å². The van der Waals surface area contributed by atoms with E-state index in [1.54, 1.807) is 0 Å². The van der Waals surface area contributed by atoms with Gasteiger partial charge >= 0.3 is 5.97 Å². The van der Waals surface area contributed by atoms with Crippen molar-refractivity contribution in [2.75, 3.05) is 72.6 Å². The lowest BCUT2D eigenvalue weighted by atomic mass is 9.77. The maximum Gasteiger partial charge on any atom is 0.332 e. The summed E-state index contributed by atoms with van der Waals surface area (Å²) in [5.74, 6) is -0.425. The molecule has 164 valence electrons. The Morgan fingerprint density at radius 1 is 1.00 bits per heavy atom. The van der Waals surface area contributed by atoms with Crippen molar-refractivity contribution in [2.24, 2.45) is 11.5 Å². The monoisotopic (exact) mass is 404 g/mol. The fourth-order valence-electron chi connectivity index (χ4n) is 2.42. The number of esters is 1. The van der Waals surface area contributed by atoms with Crippen molar-refractivity contribution in [3.63, 3.8) is 0 Å². The highest BCUT2D eigenvalue weighted by Crippen LogP contribution is 2.39. The minimum Gasteiger partial charge on any atom is -0.453 e. The number of carbonyl (C=O) groups excluding carboxylic acids is 1. The minimum atomic E-state index is -0.566. The molecule has 1 aliphatic carbocycles. The summed E-state index contributed by atoms with van der Waals surface area (Å²) in [5.41, 5.74) is 11.1. The maximum absolute atomic E-state index is 12.1. The summed E-state index contributed by atoms with van der Waals surface area (Å²) in [7, 11) is 0. The average Bonchev–Trinajstić information content (AvgIpc) is 2.69. The highest BCUT2D eigenvalue weighted by Gasteiger charge is 2.39. The Morgan fingerprint density at radius 3 is 1.96 bits per heavy atom. The average molecular weight is 405 g/mol. The first-order valence-corrected chi connectivity index (χ1v) is 9.74. The van der Waals surface area contributed by atoms with Crippen LogP contribution in [0, 0.1) is 0 Å². The zero-order valence-corrected chi connectivity index (χ0v) is 17.0. The van der Waals surface area contributed by atoms with Crippen molar-refractivity contribution in [1.29, 1.82) is 0 Å². The molecule has 9 nitrogen and oxygen atoms in total. The van der Waals surface area contributed by atoms with Crippen molar-refractivity contribution in [3.05, 3.63) is 12.2 Å². The number of rotatable bonds is 18. The molecule has 1 fully saturated rings. The molecule has 0 amide bonds. The summed E-state index contributed by atoms with van der Waals surface area (Å²) >= 11 is 0. The van der Waals surface area contributed by atoms with Crippen LogP contribution in [0.5, 0.6) is 0 Å². The van der Waals surface area contributed by atoms with Crippen LogP contribution in [0.3, 0.4) is 0 Å². The van der Waals surface area contributed by atoms with Crippen molar-refractivity contribution in [2.45, 2.75) is 31.5 Å². The molecule has 0 radical (unpaired) electrons. The first kappa shape index (κ1) is 25.0. The van der Waals surface area contributed by atoms with Gasteiger partial charge in [0.2, 0.25) is 0 Å². The van der Waals surface area contributed by atoms with Gasteiger partial charge in [-0.1, -0.05) is 6.58 Å². The summed E-state index contributed by atoms with van der Waals surface area (Å²) in [6, 6.07) is 0. The maximum atomic E-state index is 12.1. The van der Waals surface area contributed by atoms with Crippen LogP contribution in [0.1, 0.15) is 19.8 Å². The molecule has 1 unspecified atom stereocenters. The van der Waals surface area contributed by atoms with E-state index in [1.807, 2.05) is 6.92 Å². The third kappa shape index (κ3) is 10.5. The lowest BCUT2D eigenvalue weighted by Gasteiger charge is -2.40. The largest absolute Gasteiger partial charge is 0.453 e. The van der Waals surface area contributed by atoms with Crippen LogP contribution in [0.4, 0.5) is 0 Å². The quantitative estimate of drug-likeness (QED) is 0.185. The molecule has 28 heavy (non-hydrogen) atoms. The Hall–Kier alpha value is -1.07. The van der Waals surface area contributed by atoms with Gasteiger partial charge < -0.3 is 39.9 Å². The van der Waals surface area contributed by atoms with Crippen molar-refractivity contribution in [3.8, 4) is 0 Å². The lowest BCUT2D eigenvalue weighted by Crippen LogP contribution is -2.42. The van der Waals surface area contributed by atoms with Crippen molar-refractivity contribution < 1.29 is 33.2 Å². The summed E-state index contributed by atoms with van der Waals surface area (Å²) in [4.78, 5) is 12.1. The Balaban J connectivity index is 2.27. The molecule has 0 heterocycles. The molecule has 1 saturated carbocycles. The molecule has 0 saturated heterocycles. The Bertz CT molecular complexity index is 434. The van der Waals surface area contributed by atoms with Crippen LogP contribution in [-0.2, 0) is 33.2 Å². The molecule has 1 atom stereocenters. The molecular formula is C19H36N2O7. The smallest absolute Gasteiger partial charge is 0.332 e. The van der Waals surface area contributed by atoms with Gasteiger partial charge in [0.05, 0.1) is 52.9 Å². The van der Waals surface area contributed by atoms with E-state index in [0.717, 1.165) is 18.4 Å². The molecule has 0 spiro atoms. The van der Waals surface area contributed by atoms with E-state index in [0.29, 0.717) is 52.7 Å². The second-order valence-corrected chi connectivity index (χ2v) is 6.69. The van der Waals surface area contributed by atoms with Crippen LogP contribution in [-0.4, -0.2) is 90.2 Å². The highest BCUT2D eigenvalue weighted by atomic mass is 16.6. The van der Waals surface area contributed by atoms with Crippen LogP contribution in [0.2, 0.25) is 0 Å². The summed E-state index contributed by atoms with van der Waals surface area (Å²) < 4.78 is 32.7. The Labute approximate surface area is 167 Å². The topological polar surface area (TPSA) is 124 Å². The van der Waals surface area contributed by atoms with Crippen LogP contribution in [0.15, 0.2) is 12.2 Å². The standard InChI is InChI=1S/C19H36N2O7/c1-16-3-4-19(16,2)28-18(22)15-27-17(13-25-11-9-23-7-5-20)14-26-12-10-24-8-6-21/h17H,1,3-15,20-21H2,2H3. The van der Waals surface area contributed by atoms with Crippen LogP contribution >= 0.6 is 0 Å². The van der Waals surface area contributed by atoms with E-state index in [-0.39, 0.29) is 19.8 Å². The second kappa shape index (κ2) is 14.9. The number of carbonyl (C=O) groups is 1. The molecule has 1 rings (SSSR count). The molecule has 4 N–H and O–H groups in total. The SMILES string of the molecule is C=C1CCC1(C)OC(=O)COC(COCCOCCN)COCCOCCN. The molecular weight excluding hydrogens is 368 g/mol. The van der Waals surface area contributed by atoms with Gasteiger partial charge in [-0.3, -0.25) is 0 Å². The van der Waals surface area contributed by atoms with Crippen molar-refractivity contribution >= 4 is 5.97 Å². The summed E-state index contributed by atoms with van der Waals surface area (Å²) in [6.07, 6.45) is 1.26. The molecule has 0 aromatic heterocycles. The van der Waals surface area contributed by atoms with Gasteiger partial charge in [0.25, 0.3) is 0 Å². The fourth-order valence-corrected chi connectivity index (χ4v) is 2.42. The predicted molar refractivity (Wildman–Crippen MR) is 104 cm³/mol. The molecule has 0 aromatic carbocycles. The Kier molecular flexibility index (Phi) is 13.3. The van der Waals surface area contributed by atoms with Gasteiger partial charge in [0, 0.05) is 13.1 Å². The van der Waals surface area contributed by atoms with E-state index in [2.05, 4.69) is 6.58 Å². The number of hydrogen-bond acceptors (Lipinski definition) is 9. The first-order chi connectivity index (χ1) is 13.5. The second-order valence-electron chi connectivity index (χ2n) is 6.69. The molecule has 1 aliphatic rings. The molecule has 0 bridgehead atoms. The van der Waals surface area contributed by atoms with Crippen LogP contribution < -0.4 is 11.5 Å². The van der Waals surface area contributed by atoms with Gasteiger partial charge in [-0.25, -0.2) is 4.79 Å². The number of hydrogen-bond donors (Lipinski definition) is 2. The van der Waals surface area contributed by atoms with E-state index >= 15 is 0 Å². The minimum absolute atomic E-state index is 0.173. The predicted octanol–water partition coefficient (Wildman–Crippen LogP) is 0.00730. The van der Waals surface area contributed by atoms with Gasteiger partial charge in [0.1, 0.15) is 18.3 Å². The first-order valence-electron chi connectivity index (χ1n) is 9.74. The lowest BCUT2D eigenvalue weighted by molar-refractivity contribution is -0.169. The fraction of sp³-hybridized carbons (Fsp3) is 0.842. The van der Waals surface area contributed by atoms with E-state index in [4.69, 9.17) is 39.9 Å². The zero-order valence-electron chi connectivity index (χ0n) is 17.0. The number of ether oxygens (including phenoxy) is 6. The van der Waals surface area contributed by atoms with Gasteiger partial charge in [-0.2, -0.15) is 0 Å². The van der Waals surface area contributed by atoms with E-state index in [9.17, 15) is 4.79 Å². The van der Waals surface area contributed by atoms with Crippen molar-refractivity contribution in [1.82, 2.24) is 0 Å². The Morgan fingerprint density at radius 2 is 1.54 bits per heavy atom. The molecule has 0 aromatic rings. The molecule has 9 heteroatoms. The summed E-state index contributed by atoms with van der Waals surface area (Å²) in [5, 5.41) is 0. The zero-order chi connectivity index (χ0) is 20.7. The normalized spacial score (nSPS) is 19.1. The van der Waals surface area contributed by atoms with E-state index in [1.165, 1.54) is 0 Å². The third-order valence-corrected chi connectivity index (χ3v) is 4.30. The van der Waals surface area contributed by atoms with Gasteiger partial charge in [-0.05, 0) is 25.3 Å². The third-order valence-electron chi connectivity index (χ3n) is 4.30. The van der Waals surface area contributed by atoms with E-state index < -0.39 is 17.7 Å². The molecule has 0 aliphatic heterocycles. The number of nitrogens with two attached hydrogens (primary N) is 2. The van der Waals surface area contributed by atoms with Gasteiger partial charge in [0.15, 0.2) is 0 Å². The van der Waals surface area contributed by atoms with Crippen LogP contribution in [0.25, 0.3) is 0 Å².